The number of hydrogen-bond acceptors (Lipinski definition) is 6. The van der Waals surface area contributed by atoms with E-state index in [1.165, 1.54) is 6.08 Å². The van der Waals surface area contributed by atoms with Gasteiger partial charge in [0.25, 0.3) is 11.8 Å². The van der Waals surface area contributed by atoms with Crippen molar-refractivity contribution in [1.82, 2.24) is 20.8 Å². The number of fused-ring (bicyclic) bond motifs is 2. The molecular weight excluding hydrogens is 389 g/mol. The quantitative estimate of drug-likeness (QED) is 0.393. The molecule has 4 atom stereocenters. The molecule has 2 saturated heterocycles. The van der Waals surface area contributed by atoms with Crippen LogP contribution in [0.1, 0.15) is 13.3 Å². The van der Waals surface area contributed by atoms with E-state index in [1.54, 1.807) is 6.92 Å². The first kappa shape index (κ1) is 20.4. The summed E-state index contributed by atoms with van der Waals surface area (Å²) in [4.78, 5) is 46.0. The topological polar surface area (TPSA) is 120 Å². The van der Waals surface area contributed by atoms with Crippen molar-refractivity contribution in [2.24, 2.45) is 0 Å². The summed E-state index contributed by atoms with van der Waals surface area (Å²) in [6.07, 6.45) is -1.66. The molecule has 3 aliphatic rings. The van der Waals surface area contributed by atoms with Gasteiger partial charge in [0.05, 0.1) is 25.7 Å². The predicted molar refractivity (Wildman–Crippen MR) is 84.3 cm³/mol. The normalized spacial score (nSPS) is 29.6. The van der Waals surface area contributed by atoms with Crippen LogP contribution in [0.2, 0.25) is 0 Å². The number of carbonyl (C=O) groups is 3. The fourth-order valence-corrected chi connectivity index (χ4v) is 3.40. The Morgan fingerprint density at radius 3 is 2.82 bits per heavy atom. The zero-order valence-electron chi connectivity index (χ0n) is 14.7. The van der Waals surface area contributed by atoms with E-state index >= 15 is 0 Å². The number of hydroxylamine groups is 3. The highest BCUT2D eigenvalue weighted by Gasteiger charge is 2.49. The second-order valence-corrected chi connectivity index (χ2v) is 6.82. The van der Waals surface area contributed by atoms with Crippen LogP contribution in [0.5, 0.6) is 0 Å². The van der Waals surface area contributed by atoms with Gasteiger partial charge in [-0.3, -0.25) is 9.63 Å². The fraction of sp³-hybridized carbons (Fsp3) is 0.667. The van der Waals surface area contributed by atoms with Gasteiger partial charge in [-0.25, -0.2) is 33.1 Å². The Labute approximate surface area is 157 Å². The number of amides is 3. The number of halogens is 3. The molecule has 3 N–H and O–H groups in total. The van der Waals surface area contributed by atoms with Gasteiger partial charge in [-0.2, -0.15) is 5.06 Å². The van der Waals surface area contributed by atoms with Gasteiger partial charge in [-0.15, -0.1) is 0 Å². The monoisotopic (exact) mass is 408 g/mol. The van der Waals surface area contributed by atoms with E-state index in [-0.39, 0.29) is 13.2 Å². The summed E-state index contributed by atoms with van der Waals surface area (Å²) in [5.41, 5.74) is 2.57. The molecular formula is C15H19F3N4O6. The second kappa shape index (κ2) is 7.56. The maximum Gasteiger partial charge on any atom is 0.368 e. The third-order valence-corrected chi connectivity index (χ3v) is 4.62. The molecule has 0 radical (unpaired) electrons. The van der Waals surface area contributed by atoms with Gasteiger partial charge in [0.2, 0.25) is 0 Å². The van der Waals surface area contributed by atoms with Crippen LogP contribution in [0.4, 0.5) is 18.0 Å². The number of carboxylic acids is 1. The molecule has 0 aromatic heterocycles. The maximum absolute atomic E-state index is 13.3. The average Bonchev–Trinajstić information content (AvgIpc) is 3.06. The number of urea groups is 1. The zero-order chi connectivity index (χ0) is 20.6. The van der Waals surface area contributed by atoms with E-state index in [1.807, 2.05) is 0 Å². The highest BCUT2D eigenvalue weighted by Crippen LogP contribution is 2.30. The third kappa shape index (κ3) is 4.05. The molecule has 156 valence electrons. The molecule has 3 rings (SSSR count). The molecule has 0 aliphatic carbocycles. The van der Waals surface area contributed by atoms with E-state index in [2.05, 4.69) is 15.6 Å². The number of nitrogens with zero attached hydrogens (tertiary/aromatic N) is 2. The van der Waals surface area contributed by atoms with Crippen LogP contribution < -0.4 is 10.8 Å². The van der Waals surface area contributed by atoms with Crippen LogP contribution in [0.3, 0.4) is 0 Å². The van der Waals surface area contributed by atoms with Crippen LogP contribution in [-0.4, -0.2) is 83.1 Å². The number of alkyl halides is 3. The maximum atomic E-state index is 13.3. The van der Waals surface area contributed by atoms with Gasteiger partial charge < -0.3 is 15.3 Å². The Balaban J connectivity index is 1.57. The van der Waals surface area contributed by atoms with E-state index in [9.17, 15) is 27.6 Å². The summed E-state index contributed by atoms with van der Waals surface area (Å²) >= 11 is 0. The van der Waals surface area contributed by atoms with Crippen molar-refractivity contribution in [2.75, 3.05) is 19.7 Å². The molecule has 2 fully saturated rings. The number of carbonyl (C=O) groups excluding carboxylic acids is 2. The van der Waals surface area contributed by atoms with Crippen LogP contribution in [-0.2, 0) is 19.3 Å². The Kier molecular flexibility index (Phi) is 5.50. The van der Waals surface area contributed by atoms with E-state index < -0.39 is 61.3 Å². The molecule has 3 amide bonds. The molecule has 10 nitrogen and oxygen atoms in total. The van der Waals surface area contributed by atoms with Gasteiger partial charge in [0.15, 0.2) is 0 Å². The Hall–Kier alpha value is -2.38. The minimum Gasteiger partial charge on any atom is -0.477 e. The average molecular weight is 408 g/mol. The van der Waals surface area contributed by atoms with E-state index in [0.29, 0.717) is 10.6 Å². The summed E-state index contributed by atoms with van der Waals surface area (Å²) in [6.45, 7) is 0.885. The van der Waals surface area contributed by atoms with Crippen LogP contribution >= 0.6 is 0 Å². The highest BCUT2D eigenvalue weighted by atomic mass is 19.3. The lowest BCUT2D eigenvalue weighted by atomic mass is 10.0. The SMILES string of the molecule is CC1=C[C@@H]2CN(C(=O)N2OC(F)C(=O)O)[C@@H]1C(=O)NOC[C@@H]1CC(F)(F)CN1. The van der Waals surface area contributed by atoms with Crippen molar-refractivity contribution >= 4 is 17.9 Å². The number of carboxylic acid groups (broad SMARTS) is 1. The van der Waals surface area contributed by atoms with Crippen molar-refractivity contribution in [3.05, 3.63) is 11.6 Å². The molecule has 2 bridgehead atoms. The minimum absolute atomic E-state index is 0.0169. The van der Waals surface area contributed by atoms with Crippen molar-refractivity contribution in [1.29, 1.82) is 0 Å². The number of aliphatic carboxylic acids is 1. The summed E-state index contributed by atoms with van der Waals surface area (Å²) in [7, 11) is 0. The standard InChI is InChI=1S/C15H19F3N4O6/c1-7-2-9-4-21(14(26)22(9)28-11(16)13(24)25)10(7)12(23)20-27-5-8-3-15(17,18)6-19-8/h2,8-11,19H,3-6H2,1H3,(H,20,23)(H,24,25)/t8-,9+,10-,11?/m0/s1. The van der Waals surface area contributed by atoms with Gasteiger partial charge >= 0.3 is 18.4 Å². The number of rotatable bonds is 7. The molecule has 3 heterocycles. The molecule has 0 saturated carbocycles. The zero-order valence-corrected chi connectivity index (χ0v) is 14.7. The predicted octanol–water partition coefficient (Wildman–Crippen LogP) is -0.222. The van der Waals surface area contributed by atoms with Crippen LogP contribution in [0.15, 0.2) is 11.6 Å². The fourth-order valence-electron chi connectivity index (χ4n) is 3.40. The first-order valence-electron chi connectivity index (χ1n) is 8.44. The van der Waals surface area contributed by atoms with Crippen molar-refractivity contribution in [3.63, 3.8) is 0 Å². The lowest BCUT2D eigenvalue weighted by Crippen LogP contribution is -2.50. The van der Waals surface area contributed by atoms with Gasteiger partial charge in [0.1, 0.15) is 6.04 Å². The lowest BCUT2D eigenvalue weighted by molar-refractivity contribution is -0.219. The molecule has 3 aliphatic heterocycles. The van der Waals surface area contributed by atoms with Crippen molar-refractivity contribution < 1.29 is 42.3 Å². The van der Waals surface area contributed by atoms with E-state index in [4.69, 9.17) is 9.94 Å². The molecule has 28 heavy (non-hydrogen) atoms. The summed E-state index contributed by atoms with van der Waals surface area (Å²) < 4.78 is 39.5. The Morgan fingerprint density at radius 1 is 1.50 bits per heavy atom. The molecule has 0 aromatic rings. The van der Waals surface area contributed by atoms with E-state index in [0.717, 1.165) is 4.90 Å². The summed E-state index contributed by atoms with van der Waals surface area (Å²) in [6, 6.07) is -3.34. The molecule has 0 aromatic carbocycles. The van der Waals surface area contributed by atoms with Crippen molar-refractivity contribution in [3.8, 4) is 0 Å². The Morgan fingerprint density at radius 2 is 2.21 bits per heavy atom. The molecule has 13 heteroatoms. The third-order valence-electron chi connectivity index (χ3n) is 4.62. The first-order chi connectivity index (χ1) is 13.1. The van der Waals surface area contributed by atoms with Crippen LogP contribution in [0, 0.1) is 0 Å². The number of nitrogens with one attached hydrogen (secondary N) is 2. The minimum atomic E-state index is -2.83. The Bertz CT molecular complexity index is 705. The second-order valence-electron chi connectivity index (χ2n) is 6.82. The van der Waals surface area contributed by atoms with Gasteiger partial charge in [-0.1, -0.05) is 6.08 Å². The molecule has 0 spiro atoms. The smallest absolute Gasteiger partial charge is 0.368 e. The van der Waals surface area contributed by atoms with Crippen molar-refractivity contribution in [2.45, 2.75) is 43.8 Å². The molecule has 1 unspecified atom stereocenters. The first-order valence-corrected chi connectivity index (χ1v) is 8.44. The van der Waals surface area contributed by atoms with Crippen LogP contribution in [0.25, 0.3) is 0 Å². The summed E-state index contributed by atoms with van der Waals surface area (Å²) in [5, 5.41) is 11.7. The largest absolute Gasteiger partial charge is 0.477 e. The lowest BCUT2D eigenvalue weighted by Gasteiger charge is -2.28. The number of hydrogen-bond donors (Lipinski definition) is 3. The van der Waals surface area contributed by atoms with Gasteiger partial charge in [0, 0.05) is 12.5 Å². The highest BCUT2D eigenvalue weighted by molar-refractivity contribution is 5.91. The van der Waals surface area contributed by atoms with Gasteiger partial charge in [-0.05, 0) is 12.5 Å². The summed E-state index contributed by atoms with van der Waals surface area (Å²) in [5.74, 6) is -5.44.